The van der Waals surface area contributed by atoms with Crippen molar-refractivity contribution in [3.05, 3.63) is 51.9 Å². The minimum absolute atomic E-state index is 0.387. The van der Waals surface area contributed by atoms with E-state index in [1.165, 1.54) is 14.2 Å². The number of methoxy groups -OCH3 is 3. The average molecular weight is 345 g/mol. The normalized spacial score (nSPS) is 15.0. The van der Waals surface area contributed by atoms with Crippen LogP contribution in [0, 0.1) is 6.92 Å². The molecule has 6 nitrogen and oxygen atoms in total. The largest absolute Gasteiger partial charge is 0.496 e. The maximum atomic E-state index is 12.4. The molecule has 0 bridgehead atoms. The Morgan fingerprint density at radius 2 is 1.44 bits per heavy atom. The minimum Gasteiger partial charge on any atom is -0.496 e. The summed E-state index contributed by atoms with van der Waals surface area (Å²) in [6.45, 7) is 5.48. The quantitative estimate of drug-likeness (QED) is 0.846. The number of rotatable bonds is 4. The van der Waals surface area contributed by atoms with Crippen LogP contribution in [0.1, 0.15) is 30.9 Å². The van der Waals surface area contributed by atoms with Crippen LogP contribution in [0.15, 0.2) is 40.7 Å². The summed E-state index contributed by atoms with van der Waals surface area (Å²) in [5.41, 5.74) is 3.77. The number of hydrogen-bond acceptors (Lipinski definition) is 6. The minimum atomic E-state index is -0.578. The molecule has 1 aliphatic heterocycles. The number of carbonyl (C=O) groups excluding carboxylic acids is 2. The van der Waals surface area contributed by atoms with E-state index >= 15 is 0 Å². The first-order valence-electron chi connectivity index (χ1n) is 7.85. The third kappa shape index (κ3) is 3.38. The van der Waals surface area contributed by atoms with E-state index < -0.39 is 17.9 Å². The fraction of sp³-hybridized carbons (Fsp3) is 0.368. The number of carbonyl (C=O) groups is 2. The highest BCUT2D eigenvalue weighted by molar-refractivity contribution is 5.99. The van der Waals surface area contributed by atoms with Crippen LogP contribution in [0.4, 0.5) is 0 Å². The van der Waals surface area contributed by atoms with Crippen molar-refractivity contribution in [2.75, 3.05) is 21.3 Å². The second kappa shape index (κ2) is 7.42. The highest BCUT2D eigenvalue weighted by Gasteiger charge is 2.37. The van der Waals surface area contributed by atoms with Gasteiger partial charge in [0.1, 0.15) is 5.75 Å². The van der Waals surface area contributed by atoms with Crippen molar-refractivity contribution in [2.45, 2.75) is 26.7 Å². The van der Waals surface area contributed by atoms with E-state index in [0.29, 0.717) is 22.5 Å². The molecule has 1 aliphatic rings. The fourth-order valence-corrected chi connectivity index (χ4v) is 3.17. The SMILES string of the molecule is COC(=O)C1=C(C)NC(C)=C(C(=O)OC)C1c1ccc(OC)c(C)c1. The Morgan fingerprint density at radius 3 is 1.84 bits per heavy atom. The smallest absolute Gasteiger partial charge is 0.336 e. The molecule has 0 spiro atoms. The van der Waals surface area contributed by atoms with E-state index in [1.54, 1.807) is 21.0 Å². The molecule has 2 rings (SSSR count). The van der Waals surface area contributed by atoms with Crippen LogP contribution in [0.5, 0.6) is 5.75 Å². The molecule has 1 aromatic carbocycles. The highest BCUT2D eigenvalue weighted by atomic mass is 16.5. The number of allylic oxidation sites excluding steroid dienone is 2. The van der Waals surface area contributed by atoms with Gasteiger partial charge in [0.05, 0.1) is 38.4 Å². The van der Waals surface area contributed by atoms with Crippen molar-refractivity contribution in [1.82, 2.24) is 5.32 Å². The van der Waals surface area contributed by atoms with E-state index in [1.807, 2.05) is 25.1 Å². The molecule has 0 fully saturated rings. The van der Waals surface area contributed by atoms with Gasteiger partial charge in [0.25, 0.3) is 0 Å². The number of ether oxygens (including phenoxy) is 3. The Hall–Kier alpha value is -2.76. The lowest BCUT2D eigenvalue weighted by molar-refractivity contribution is -0.137. The Balaban J connectivity index is 2.70. The van der Waals surface area contributed by atoms with Gasteiger partial charge >= 0.3 is 11.9 Å². The van der Waals surface area contributed by atoms with E-state index in [2.05, 4.69) is 5.32 Å². The molecule has 0 aliphatic carbocycles. The molecule has 6 heteroatoms. The third-order valence-corrected chi connectivity index (χ3v) is 4.32. The number of hydrogen-bond donors (Lipinski definition) is 1. The van der Waals surface area contributed by atoms with Crippen molar-refractivity contribution in [3.63, 3.8) is 0 Å². The van der Waals surface area contributed by atoms with Gasteiger partial charge in [-0.1, -0.05) is 12.1 Å². The first-order valence-corrected chi connectivity index (χ1v) is 7.85. The van der Waals surface area contributed by atoms with Gasteiger partial charge < -0.3 is 19.5 Å². The van der Waals surface area contributed by atoms with Gasteiger partial charge in [0, 0.05) is 11.4 Å². The van der Waals surface area contributed by atoms with Crippen LogP contribution >= 0.6 is 0 Å². The molecule has 0 aromatic heterocycles. The molecule has 134 valence electrons. The summed E-state index contributed by atoms with van der Waals surface area (Å²) in [6.07, 6.45) is 0. The lowest BCUT2D eigenvalue weighted by atomic mass is 9.80. The lowest BCUT2D eigenvalue weighted by Gasteiger charge is -2.30. The lowest BCUT2D eigenvalue weighted by Crippen LogP contribution is -2.32. The van der Waals surface area contributed by atoms with Crippen LogP contribution in [0.2, 0.25) is 0 Å². The van der Waals surface area contributed by atoms with Gasteiger partial charge in [-0.2, -0.15) is 0 Å². The predicted octanol–water partition coefficient (Wildman–Crippen LogP) is 2.58. The molecule has 0 saturated carbocycles. The zero-order valence-electron chi connectivity index (χ0n) is 15.4. The molecule has 0 unspecified atom stereocenters. The van der Waals surface area contributed by atoms with Crippen molar-refractivity contribution in [3.8, 4) is 5.75 Å². The fourth-order valence-electron chi connectivity index (χ4n) is 3.17. The maximum Gasteiger partial charge on any atom is 0.336 e. The number of nitrogens with one attached hydrogen (secondary N) is 1. The summed E-state index contributed by atoms with van der Waals surface area (Å²) < 4.78 is 15.2. The topological polar surface area (TPSA) is 73.9 Å². The molecule has 1 heterocycles. The molecule has 1 N–H and O–H groups in total. The van der Waals surface area contributed by atoms with Crippen molar-refractivity contribution in [1.29, 1.82) is 0 Å². The van der Waals surface area contributed by atoms with E-state index in [0.717, 1.165) is 16.9 Å². The van der Waals surface area contributed by atoms with Gasteiger partial charge in [-0.05, 0) is 38.0 Å². The Kier molecular flexibility index (Phi) is 5.51. The first-order chi connectivity index (χ1) is 11.8. The summed E-state index contributed by atoms with van der Waals surface area (Å²) in [6, 6.07) is 5.57. The number of aryl methyl sites for hydroxylation is 1. The second-order valence-corrected chi connectivity index (χ2v) is 5.85. The van der Waals surface area contributed by atoms with Crippen molar-refractivity contribution >= 4 is 11.9 Å². The molecule has 0 atom stereocenters. The summed E-state index contributed by atoms with van der Waals surface area (Å²) in [4.78, 5) is 24.8. The van der Waals surface area contributed by atoms with E-state index in [4.69, 9.17) is 14.2 Å². The summed E-state index contributed by atoms with van der Waals surface area (Å²) in [7, 11) is 4.24. The Labute approximate surface area is 147 Å². The van der Waals surface area contributed by atoms with Gasteiger partial charge in [-0.3, -0.25) is 0 Å². The summed E-state index contributed by atoms with van der Waals surface area (Å²) in [5, 5.41) is 3.08. The second-order valence-electron chi connectivity index (χ2n) is 5.85. The van der Waals surface area contributed by atoms with Crippen molar-refractivity contribution in [2.24, 2.45) is 0 Å². The summed E-state index contributed by atoms with van der Waals surface area (Å²) in [5.74, 6) is -0.821. The van der Waals surface area contributed by atoms with Gasteiger partial charge in [-0.15, -0.1) is 0 Å². The molecule has 0 radical (unpaired) electrons. The van der Waals surface area contributed by atoms with Crippen LogP contribution in [-0.2, 0) is 19.1 Å². The number of dihydropyridines is 1. The highest BCUT2D eigenvalue weighted by Crippen LogP contribution is 2.40. The average Bonchev–Trinajstić information content (AvgIpc) is 2.59. The maximum absolute atomic E-state index is 12.4. The molecular weight excluding hydrogens is 322 g/mol. The monoisotopic (exact) mass is 345 g/mol. The Bertz CT molecular complexity index is 738. The molecule has 0 amide bonds. The standard InChI is InChI=1S/C19H23NO5/c1-10-9-13(7-8-14(10)23-4)17-15(18(21)24-5)11(2)20-12(3)16(17)19(22)25-6/h7-9,17,20H,1-6H3. The molecule has 1 aromatic rings. The third-order valence-electron chi connectivity index (χ3n) is 4.32. The predicted molar refractivity (Wildman–Crippen MR) is 93.0 cm³/mol. The first kappa shape index (κ1) is 18.6. The Morgan fingerprint density at radius 1 is 0.920 bits per heavy atom. The van der Waals surface area contributed by atoms with Crippen LogP contribution in [0.25, 0.3) is 0 Å². The number of benzene rings is 1. The van der Waals surface area contributed by atoms with Crippen molar-refractivity contribution < 1.29 is 23.8 Å². The zero-order chi connectivity index (χ0) is 18.7. The van der Waals surface area contributed by atoms with Gasteiger partial charge in [0.15, 0.2) is 0 Å². The van der Waals surface area contributed by atoms with Crippen LogP contribution < -0.4 is 10.1 Å². The number of esters is 2. The summed E-state index contributed by atoms with van der Waals surface area (Å²) >= 11 is 0. The van der Waals surface area contributed by atoms with Gasteiger partial charge in [0.2, 0.25) is 0 Å². The molecule has 25 heavy (non-hydrogen) atoms. The van der Waals surface area contributed by atoms with Crippen LogP contribution in [0.3, 0.4) is 0 Å². The molecule has 0 saturated heterocycles. The zero-order valence-corrected chi connectivity index (χ0v) is 15.4. The van der Waals surface area contributed by atoms with Gasteiger partial charge in [-0.25, -0.2) is 9.59 Å². The van der Waals surface area contributed by atoms with Crippen LogP contribution in [-0.4, -0.2) is 33.3 Å². The van der Waals surface area contributed by atoms with E-state index in [-0.39, 0.29) is 0 Å². The molecular formula is C19H23NO5. The van der Waals surface area contributed by atoms with E-state index in [9.17, 15) is 9.59 Å².